The summed E-state index contributed by atoms with van der Waals surface area (Å²) in [4.78, 5) is 38.7. The summed E-state index contributed by atoms with van der Waals surface area (Å²) >= 11 is 0. The fourth-order valence-corrected chi connectivity index (χ4v) is 3.69. The van der Waals surface area contributed by atoms with Crippen LogP contribution in [0.15, 0.2) is 18.7 Å². The molecule has 1 heterocycles. The molecule has 0 radical (unpaired) electrons. The van der Waals surface area contributed by atoms with Crippen molar-refractivity contribution in [2.45, 2.75) is 11.6 Å². The van der Waals surface area contributed by atoms with E-state index in [1.165, 1.54) is 6.20 Å². The van der Waals surface area contributed by atoms with Crippen molar-refractivity contribution in [3.63, 3.8) is 0 Å². The van der Waals surface area contributed by atoms with Crippen LogP contribution in [-0.4, -0.2) is 39.6 Å². The van der Waals surface area contributed by atoms with Crippen LogP contribution in [-0.2, 0) is 26.2 Å². The Labute approximate surface area is 106 Å². The topological polar surface area (TPSA) is 153 Å². The minimum Gasteiger partial charge on any atom is -0.372 e. The molecule has 0 aliphatic rings. The van der Waals surface area contributed by atoms with Crippen LogP contribution in [0.2, 0.25) is 0 Å². The van der Waals surface area contributed by atoms with Gasteiger partial charge in [-0.3, -0.25) is 9.13 Å². The van der Waals surface area contributed by atoms with Gasteiger partial charge in [-0.15, -0.1) is 0 Å². The van der Waals surface area contributed by atoms with E-state index in [1.807, 2.05) is 0 Å². The minimum absolute atomic E-state index is 0. The molecule has 1 unspecified atom stereocenters. The van der Waals surface area contributed by atoms with Crippen LogP contribution in [0.25, 0.3) is 0 Å². The van der Waals surface area contributed by atoms with Gasteiger partial charge in [0.25, 0.3) is 0 Å². The monoisotopic (exact) mass is 328 g/mol. The van der Waals surface area contributed by atoms with Gasteiger partial charge in [0.1, 0.15) is 0 Å². The Bertz CT molecular complexity index is 417. The summed E-state index contributed by atoms with van der Waals surface area (Å²) in [6.45, 7) is 0. The SMILES string of the molecule is O=P(O)(O)C(C(O)n1ccnc1)P(=O)(O)O.[Fe]. The van der Waals surface area contributed by atoms with Gasteiger partial charge in [-0.25, -0.2) is 4.98 Å². The fraction of sp³-hybridized carbons (Fsp3) is 0.400. The van der Waals surface area contributed by atoms with Crippen LogP contribution in [0.5, 0.6) is 0 Å². The van der Waals surface area contributed by atoms with Crippen LogP contribution in [0.3, 0.4) is 0 Å². The van der Waals surface area contributed by atoms with E-state index in [0.717, 1.165) is 17.1 Å². The molecule has 0 bridgehead atoms. The molecular formula is C5H10FeN2O7P2. The number of aliphatic hydroxyl groups excluding tert-OH is 1. The molecule has 1 atom stereocenters. The summed E-state index contributed by atoms with van der Waals surface area (Å²) in [7, 11) is -10.3. The summed E-state index contributed by atoms with van der Waals surface area (Å²) in [6.07, 6.45) is 1.26. The van der Waals surface area contributed by atoms with E-state index in [0.29, 0.717) is 0 Å². The smallest absolute Gasteiger partial charge is 0.345 e. The van der Waals surface area contributed by atoms with Gasteiger partial charge >= 0.3 is 15.2 Å². The molecule has 0 fully saturated rings. The third-order valence-electron chi connectivity index (χ3n) is 1.79. The number of aliphatic hydroxyl groups is 1. The first-order valence-electron chi connectivity index (χ1n) is 3.90. The zero-order valence-corrected chi connectivity index (χ0v) is 11.0. The molecule has 1 aromatic rings. The molecule has 0 aromatic carbocycles. The number of aromatic nitrogens is 2. The molecule has 5 N–H and O–H groups in total. The van der Waals surface area contributed by atoms with E-state index in [-0.39, 0.29) is 17.1 Å². The van der Waals surface area contributed by atoms with Crippen LogP contribution in [0.1, 0.15) is 6.23 Å². The van der Waals surface area contributed by atoms with Gasteiger partial charge in [0.2, 0.25) is 5.40 Å². The largest absolute Gasteiger partial charge is 0.372 e. The number of nitrogens with zero attached hydrogens (tertiary/aromatic N) is 2. The first-order valence-corrected chi connectivity index (χ1v) is 7.26. The maximum absolute atomic E-state index is 10.9. The Morgan fingerprint density at radius 3 is 1.88 bits per heavy atom. The summed E-state index contributed by atoms with van der Waals surface area (Å²) < 4.78 is 22.6. The predicted molar refractivity (Wildman–Crippen MR) is 51.4 cm³/mol. The van der Waals surface area contributed by atoms with E-state index in [1.54, 1.807) is 0 Å². The first kappa shape index (κ1) is 17.0. The average Bonchev–Trinajstić information content (AvgIpc) is 2.48. The van der Waals surface area contributed by atoms with Crippen molar-refractivity contribution in [3.05, 3.63) is 18.7 Å². The van der Waals surface area contributed by atoms with Crippen molar-refractivity contribution in [1.82, 2.24) is 9.55 Å². The molecule has 1 aromatic heterocycles. The molecule has 0 aliphatic carbocycles. The van der Waals surface area contributed by atoms with E-state index >= 15 is 0 Å². The van der Waals surface area contributed by atoms with Crippen molar-refractivity contribution in [2.24, 2.45) is 0 Å². The van der Waals surface area contributed by atoms with Crippen LogP contribution >= 0.6 is 15.2 Å². The Kier molecular flexibility index (Phi) is 5.75. The number of hydrogen-bond acceptors (Lipinski definition) is 4. The third-order valence-corrected chi connectivity index (χ3v) is 5.50. The molecule has 0 spiro atoms. The summed E-state index contributed by atoms with van der Waals surface area (Å²) in [5.41, 5.74) is 0. The van der Waals surface area contributed by atoms with E-state index in [2.05, 4.69) is 4.98 Å². The molecule has 17 heavy (non-hydrogen) atoms. The second-order valence-electron chi connectivity index (χ2n) is 3.02. The second-order valence-corrected chi connectivity index (χ2v) is 6.89. The minimum atomic E-state index is -5.16. The van der Waals surface area contributed by atoms with Gasteiger partial charge in [0, 0.05) is 29.5 Å². The van der Waals surface area contributed by atoms with Crippen molar-refractivity contribution < 1.29 is 50.9 Å². The van der Waals surface area contributed by atoms with E-state index in [9.17, 15) is 14.2 Å². The standard InChI is InChI=1S/C5H10N2O7P2.Fe/c8-4(7-2-1-6-3-7)5(15(9,10)11)16(12,13)14;/h1-5,8H,(H2,9,10,11)(H2,12,13,14);. The first-order chi connectivity index (χ1) is 7.14. The number of rotatable bonds is 4. The molecule has 1 rings (SSSR count). The summed E-state index contributed by atoms with van der Waals surface area (Å²) in [6, 6.07) is 0. The molecule has 0 saturated heterocycles. The quantitative estimate of drug-likeness (QED) is 0.350. The van der Waals surface area contributed by atoms with Gasteiger partial charge in [-0.2, -0.15) is 0 Å². The van der Waals surface area contributed by atoms with Crippen molar-refractivity contribution in [2.75, 3.05) is 0 Å². The molecule has 0 aliphatic heterocycles. The molecule has 0 saturated carbocycles. The van der Waals surface area contributed by atoms with Crippen LogP contribution < -0.4 is 0 Å². The molecular weight excluding hydrogens is 318 g/mol. The summed E-state index contributed by atoms with van der Waals surface area (Å²) in [5, 5.41) is 6.97. The zero-order chi connectivity index (χ0) is 12.6. The Morgan fingerprint density at radius 1 is 1.12 bits per heavy atom. The van der Waals surface area contributed by atoms with Crippen LogP contribution in [0.4, 0.5) is 0 Å². The number of imidazole rings is 1. The molecule has 12 heteroatoms. The molecule has 9 nitrogen and oxygen atoms in total. The zero-order valence-electron chi connectivity index (χ0n) is 8.08. The summed E-state index contributed by atoms with van der Waals surface area (Å²) in [5.74, 6) is 0. The van der Waals surface area contributed by atoms with E-state index in [4.69, 9.17) is 19.6 Å². The Balaban J connectivity index is 0.00000256. The normalized spacial score (nSPS) is 14.5. The van der Waals surface area contributed by atoms with Gasteiger partial charge in [-0.1, -0.05) is 0 Å². The van der Waals surface area contributed by atoms with Gasteiger partial charge < -0.3 is 29.2 Å². The molecule has 0 amide bonds. The Hall–Kier alpha value is -0.0105. The van der Waals surface area contributed by atoms with E-state index < -0.39 is 26.8 Å². The third kappa shape index (κ3) is 4.30. The van der Waals surface area contributed by atoms with Gasteiger partial charge in [-0.05, 0) is 0 Å². The molecule has 100 valence electrons. The van der Waals surface area contributed by atoms with Crippen molar-refractivity contribution >= 4 is 15.2 Å². The average molecular weight is 328 g/mol. The predicted octanol–water partition coefficient (Wildman–Crippen LogP) is -0.947. The van der Waals surface area contributed by atoms with Crippen LogP contribution in [0, 0.1) is 0 Å². The maximum Gasteiger partial charge on any atom is 0.345 e. The van der Waals surface area contributed by atoms with Crippen molar-refractivity contribution in [3.8, 4) is 0 Å². The second kappa shape index (κ2) is 5.75. The maximum atomic E-state index is 10.9. The fourth-order valence-electron chi connectivity index (χ4n) is 1.12. The number of hydrogen-bond donors (Lipinski definition) is 5. The van der Waals surface area contributed by atoms with Crippen molar-refractivity contribution in [1.29, 1.82) is 0 Å². The van der Waals surface area contributed by atoms with Gasteiger partial charge in [0.05, 0.1) is 6.33 Å². The van der Waals surface area contributed by atoms with Gasteiger partial charge in [0.15, 0.2) is 6.23 Å². The Morgan fingerprint density at radius 2 is 1.59 bits per heavy atom.